The van der Waals surface area contributed by atoms with Crippen LogP contribution in [-0.4, -0.2) is 77.9 Å². The molecule has 0 spiro atoms. The maximum atomic E-state index is 12.8. The van der Waals surface area contributed by atoms with E-state index in [9.17, 15) is 9.36 Å². The van der Waals surface area contributed by atoms with Crippen molar-refractivity contribution in [2.75, 3.05) is 62.9 Å². The number of carbonyl (C=O) groups excluding carboxylic acids is 1. The van der Waals surface area contributed by atoms with Gasteiger partial charge in [-0.15, -0.1) is 0 Å². The standard InChI is InChI=1S/C27H34BrN6O4P/c1-3-37-39(36,38-4-2)20-33-13-15-34(16-14-33)26(35)9-6-12-29-22-10-11-25-24(18-22)27(31-19-30-25)32-23-8-5-7-21(28)17-23/h5-11,17-19,29H,3-4,12-16,20H2,1-2H3,(H,30,31,32). The minimum atomic E-state index is -3.13. The molecule has 2 aromatic carbocycles. The predicted octanol–water partition coefficient (Wildman–Crippen LogP) is 5.47. The summed E-state index contributed by atoms with van der Waals surface area (Å²) < 4.78 is 24.5. The average Bonchev–Trinajstić information content (AvgIpc) is 2.92. The molecule has 0 saturated carbocycles. The summed E-state index contributed by atoms with van der Waals surface area (Å²) in [6.07, 6.45) is 5.20. The highest BCUT2D eigenvalue weighted by Gasteiger charge is 2.29. The number of amides is 1. The third-order valence-electron chi connectivity index (χ3n) is 6.12. The molecule has 0 atom stereocenters. The summed E-state index contributed by atoms with van der Waals surface area (Å²) in [6.45, 7) is 7.15. The summed E-state index contributed by atoms with van der Waals surface area (Å²) >= 11 is 3.49. The number of benzene rings is 2. The quantitative estimate of drug-likeness (QED) is 0.202. The van der Waals surface area contributed by atoms with E-state index in [2.05, 4.69) is 36.5 Å². The minimum Gasteiger partial charge on any atom is -0.382 e. The predicted molar refractivity (Wildman–Crippen MR) is 158 cm³/mol. The molecule has 208 valence electrons. The Labute approximate surface area is 237 Å². The highest BCUT2D eigenvalue weighted by molar-refractivity contribution is 9.10. The molecule has 3 aromatic rings. The van der Waals surface area contributed by atoms with Gasteiger partial charge in [0.2, 0.25) is 5.91 Å². The molecule has 0 bridgehead atoms. The Balaban J connectivity index is 1.29. The normalized spacial score (nSPS) is 14.7. The van der Waals surface area contributed by atoms with E-state index in [1.54, 1.807) is 31.2 Å². The number of rotatable bonds is 12. The first-order chi connectivity index (χ1) is 18.9. The summed E-state index contributed by atoms with van der Waals surface area (Å²) in [5, 5.41) is 7.58. The van der Waals surface area contributed by atoms with E-state index in [1.165, 1.54) is 0 Å². The zero-order chi connectivity index (χ0) is 27.7. The summed E-state index contributed by atoms with van der Waals surface area (Å²) in [4.78, 5) is 25.3. The molecule has 12 heteroatoms. The second-order valence-corrected chi connectivity index (χ2v) is 11.8. The highest BCUT2D eigenvalue weighted by atomic mass is 79.9. The van der Waals surface area contributed by atoms with Crippen LogP contribution in [0.25, 0.3) is 10.9 Å². The summed E-state index contributed by atoms with van der Waals surface area (Å²) in [5.74, 6) is 0.673. The van der Waals surface area contributed by atoms with Gasteiger partial charge in [-0.1, -0.05) is 28.1 Å². The largest absolute Gasteiger partial charge is 0.382 e. The number of nitrogens with zero attached hydrogens (tertiary/aromatic N) is 4. The van der Waals surface area contributed by atoms with E-state index in [4.69, 9.17) is 9.05 Å². The Hall–Kier alpha value is -2.82. The van der Waals surface area contributed by atoms with Crippen molar-refractivity contribution in [2.24, 2.45) is 0 Å². The fourth-order valence-electron chi connectivity index (χ4n) is 4.28. The molecule has 1 fully saturated rings. The third-order valence-corrected chi connectivity index (χ3v) is 8.66. The number of halogens is 1. The molecular formula is C27H34BrN6O4P. The zero-order valence-corrected chi connectivity index (χ0v) is 24.7. The Morgan fingerprint density at radius 1 is 1.05 bits per heavy atom. The lowest BCUT2D eigenvalue weighted by Crippen LogP contribution is -2.48. The maximum absolute atomic E-state index is 12.8. The van der Waals surface area contributed by atoms with E-state index in [0.717, 1.165) is 26.8 Å². The van der Waals surface area contributed by atoms with Gasteiger partial charge in [-0.05, 0) is 50.2 Å². The van der Waals surface area contributed by atoms with Crippen LogP contribution in [0.4, 0.5) is 17.2 Å². The number of nitrogens with one attached hydrogen (secondary N) is 2. The highest BCUT2D eigenvalue weighted by Crippen LogP contribution is 2.48. The van der Waals surface area contributed by atoms with Crippen molar-refractivity contribution in [3.8, 4) is 0 Å². The average molecular weight is 617 g/mol. The Kier molecular flexibility index (Phi) is 10.5. The summed E-state index contributed by atoms with van der Waals surface area (Å²) in [7, 11) is -3.13. The summed E-state index contributed by atoms with van der Waals surface area (Å²) in [5.41, 5.74) is 2.65. The van der Waals surface area contributed by atoms with Crippen LogP contribution >= 0.6 is 23.5 Å². The van der Waals surface area contributed by atoms with Gasteiger partial charge >= 0.3 is 7.60 Å². The zero-order valence-electron chi connectivity index (χ0n) is 22.2. The molecule has 1 saturated heterocycles. The molecule has 39 heavy (non-hydrogen) atoms. The second kappa shape index (κ2) is 14.0. The Bertz CT molecular complexity index is 1340. The van der Waals surface area contributed by atoms with Crippen molar-refractivity contribution < 1.29 is 18.4 Å². The number of piperazine rings is 1. The van der Waals surface area contributed by atoms with Crippen LogP contribution in [-0.2, 0) is 18.4 Å². The van der Waals surface area contributed by atoms with Gasteiger partial charge in [0.15, 0.2) is 0 Å². The second-order valence-electron chi connectivity index (χ2n) is 8.90. The number of hydrogen-bond donors (Lipinski definition) is 2. The van der Waals surface area contributed by atoms with Crippen LogP contribution in [0.1, 0.15) is 13.8 Å². The Morgan fingerprint density at radius 2 is 1.82 bits per heavy atom. The molecule has 2 heterocycles. The fraction of sp³-hybridized carbons (Fsp3) is 0.370. The number of anilines is 3. The molecule has 10 nitrogen and oxygen atoms in total. The lowest BCUT2D eigenvalue weighted by Gasteiger charge is -2.35. The third kappa shape index (κ3) is 8.33. The fourth-order valence-corrected chi connectivity index (χ4v) is 6.47. The minimum absolute atomic E-state index is 0.0401. The van der Waals surface area contributed by atoms with Crippen LogP contribution in [0.5, 0.6) is 0 Å². The van der Waals surface area contributed by atoms with Crippen molar-refractivity contribution in [1.82, 2.24) is 19.8 Å². The van der Waals surface area contributed by atoms with Crippen molar-refractivity contribution in [3.63, 3.8) is 0 Å². The molecule has 0 aliphatic carbocycles. The van der Waals surface area contributed by atoms with E-state index < -0.39 is 7.60 Å². The van der Waals surface area contributed by atoms with Crippen molar-refractivity contribution in [3.05, 3.63) is 65.4 Å². The van der Waals surface area contributed by atoms with E-state index in [0.29, 0.717) is 51.8 Å². The van der Waals surface area contributed by atoms with E-state index in [1.807, 2.05) is 53.4 Å². The smallest absolute Gasteiger partial charge is 0.344 e. The Morgan fingerprint density at radius 3 is 2.54 bits per heavy atom. The first-order valence-corrected chi connectivity index (χ1v) is 15.5. The van der Waals surface area contributed by atoms with E-state index >= 15 is 0 Å². The maximum Gasteiger partial charge on any atom is 0.344 e. The SMILES string of the molecule is CCOP(=O)(CN1CCN(C(=O)C=CCNc2ccc3ncnc(Nc4cccc(Br)c4)c3c2)CC1)OCC. The van der Waals surface area contributed by atoms with Gasteiger partial charge in [-0.3, -0.25) is 14.3 Å². The number of aromatic nitrogens is 2. The number of fused-ring (bicyclic) bond motifs is 1. The van der Waals surface area contributed by atoms with Crippen LogP contribution in [0.3, 0.4) is 0 Å². The van der Waals surface area contributed by atoms with Crippen LogP contribution in [0.2, 0.25) is 0 Å². The van der Waals surface area contributed by atoms with Crippen LogP contribution in [0, 0.1) is 0 Å². The van der Waals surface area contributed by atoms with Gasteiger partial charge in [0.25, 0.3) is 0 Å². The summed E-state index contributed by atoms with van der Waals surface area (Å²) in [6, 6.07) is 13.8. The molecule has 0 unspecified atom stereocenters. The van der Waals surface area contributed by atoms with Gasteiger partial charge in [-0.2, -0.15) is 0 Å². The lowest BCUT2D eigenvalue weighted by molar-refractivity contribution is -0.127. The molecule has 1 aliphatic heterocycles. The van der Waals surface area contributed by atoms with Gasteiger partial charge < -0.3 is 24.6 Å². The topological polar surface area (TPSA) is 109 Å². The monoisotopic (exact) mass is 616 g/mol. The van der Waals surface area contributed by atoms with Gasteiger partial charge in [0.1, 0.15) is 18.4 Å². The molecule has 2 N–H and O–H groups in total. The first-order valence-electron chi connectivity index (χ1n) is 13.0. The lowest BCUT2D eigenvalue weighted by atomic mass is 10.2. The number of hydrogen-bond acceptors (Lipinski definition) is 9. The first kappa shape index (κ1) is 29.2. The number of carbonyl (C=O) groups is 1. The van der Waals surface area contributed by atoms with Gasteiger partial charge in [-0.25, -0.2) is 9.97 Å². The molecule has 0 radical (unpaired) electrons. The van der Waals surface area contributed by atoms with Crippen molar-refractivity contribution >= 4 is 57.5 Å². The molecule has 1 amide bonds. The van der Waals surface area contributed by atoms with Crippen LogP contribution in [0.15, 0.2) is 65.4 Å². The van der Waals surface area contributed by atoms with Crippen LogP contribution < -0.4 is 10.6 Å². The van der Waals surface area contributed by atoms with Crippen molar-refractivity contribution in [1.29, 1.82) is 0 Å². The molecule has 4 rings (SSSR count). The van der Waals surface area contributed by atoms with Gasteiger partial charge in [0, 0.05) is 60.0 Å². The van der Waals surface area contributed by atoms with Gasteiger partial charge in [0.05, 0.1) is 18.7 Å². The van der Waals surface area contributed by atoms with E-state index in [-0.39, 0.29) is 12.2 Å². The molecule has 1 aromatic heterocycles. The van der Waals surface area contributed by atoms with Crippen molar-refractivity contribution in [2.45, 2.75) is 13.8 Å². The molecule has 1 aliphatic rings. The molecular weight excluding hydrogens is 583 g/mol.